The Hall–Kier alpha value is -0.160. The molecule has 4 nitrogen and oxygen atoms in total. The Morgan fingerprint density at radius 3 is 2.90 bits per heavy atom. The van der Waals surface area contributed by atoms with E-state index in [9.17, 15) is 0 Å². The first-order valence-electron chi connectivity index (χ1n) is 3.32. The van der Waals surface area contributed by atoms with Gasteiger partial charge in [-0.05, 0) is 6.42 Å². The predicted molar refractivity (Wildman–Crippen MR) is 35.3 cm³/mol. The highest BCUT2D eigenvalue weighted by Gasteiger charge is 2.26. The van der Waals surface area contributed by atoms with Crippen molar-refractivity contribution < 1.29 is 14.6 Å². The van der Waals surface area contributed by atoms with Crippen LogP contribution in [0.25, 0.3) is 0 Å². The van der Waals surface area contributed by atoms with Crippen molar-refractivity contribution in [3.63, 3.8) is 0 Å². The average Bonchev–Trinajstić information content (AvgIpc) is 1.88. The van der Waals surface area contributed by atoms with Crippen LogP contribution in [-0.2, 0) is 9.47 Å². The van der Waals surface area contributed by atoms with Gasteiger partial charge in [0.1, 0.15) is 0 Å². The van der Waals surface area contributed by atoms with Gasteiger partial charge in [-0.3, -0.25) is 0 Å². The molecule has 0 amide bonds. The first kappa shape index (κ1) is 7.94. The van der Waals surface area contributed by atoms with Crippen molar-refractivity contribution >= 4 is 0 Å². The molecular formula is C6H13NO3. The highest BCUT2D eigenvalue weighted by molar-refractivity contribution is 4.75. The molecule has 60 valence electrons. The molecule has 0 bridgehead atoms. The highest BCUT2D eigenvalue weighted by atomic mass is 16.7. The number of aliphatic hydroxyl groups excluding tert-OH is 1. The lowest BCUT2D eigenvalue weighted by molar-refractivity contribution is -0.182. The molecule has 0 aliphatic carbocycles. The summed E-state index contributed by atoms with van der Waals surface area (Å²) in [4.78, 5) is 0. The number of methoxy groups -OCH3 is 1. The van der Waals surface area contributed by atoms with Gasteiger partial charge in [-0.2, -0.15) is 0 Å². The second-order valence-corrected chi connectivity index (χ2v) is 2.49. The van der Waals surface area contributed by atoms with Crippen LogP contribution in [0.5, 0.6) is 0 Å². The van der Waals surface area contributed by atoms with Crippen LogP contribution in [0.15, 0.2) is 0 Å². The van der Waals surface area contributed by atoms with Crippen molar-refractivity contribution in [3.8, 4) is 0 Å². The molecule has 0 unspecified atom stereocenters. The van der Waals surface area contributed by atoms with Crippen molar-refractivity contribution in [1.82, 2.24) is 0 Å². The number of aliphatic hydroxyl groups is 1. The molecule has 10 heavy (non-hydrogen) atoms. The van der Waals surface area contributed by atoms with Gasteiger partial charge in [0, 0.05) is 7.11 Å². The van der Waals surface area contributed by atoms with Crippen LogP contribution >= 0.6 is 0 Å². The van der Waals surface area contributed by atoms with Crippen LogP contribution < -0.4 is 5.73 Å². The molecule has 1 rings (SSSR count). The van der Waals surface area contributed by atoms with Crippen molar-refractivity contribution in [2.24, 2.45) is 5.73 Å². The van der Waals surface area contributed by atoms with Gasteiger partial charge >= 0.3 is 0 Å². The van der Waals surface area contributed by atoms with Gasteiger partial charge < -0.3 is 20.3 Å². The van der Waals surface area contributed by atoms with Crippen LogP contribution in [0, 0.1) is 0 Å². The van der Waals surface area contributed by atoms with Crippen molar-refractivity contribution in [2.45, 2.75) is 24.9 Å². The van der Waals surface area contributed by atoms with Gasteiger partial charge in [0.25, 0.3) is 0 Å². The minimum Gasteiger partial charge on any atom is -0.391 e. The van der Waals surface area contributed by atoms with Gasteiger partial charge in [-0.25, -0.2) is 0 Å². The van der Waals surface area contributed by atoms with Crippen molar-refractivity contribution in [1.29, 1.82) is 0 Å². The standard InChI is InChI=1S/C6H13NO3/c1-9-6-5(7)2-4(8)3-10-6/h4-6,8H,2-3,7H2,1H3/t4-,5+,6-/m1/s1. The number of rotatable bonds is 1. The second-order valence-electron chi connectivity index (χ2n) is 2.49. The van der Waals surface area contributed by atoms with E-state index < -0.39 is 6.10 Å². The van der Waals surface area contributed by atoms with E-state index in [-0.39, 0.29) is 12.3 Å². The molecule has 1 aliphatic heterocycles. The van der Waals surface area contributed by atoms with Crippen molar-refractivity contribution in [3.05, 3.63) is 0 Å². The fraction of sp³-hybridized carbons (Fsp3) is 1.00. The zero-order valence-electron chi connectivity index (χ0n) is 5.99. The third-order valence-electron chi connectivity index (χ3n) is 1.58. The van der Waals surface area contributed by atoms with Crippen LogP contribution in [0.4, 0.5) is 0 Å². The molecule has 3 N–H and O–H groups in total. The van der Waals surface area contributed by atoms with E-state index in [1.54, 1.807) is 7.11 Å². The predicted octanol–water partition coefficient (Wildman–Crippen LogP) is -0.933. The van der Waals surface area contributed by atoms with Gasteiger partial charge in [-0.1, -0.05) is 0 Å². The summed E-state index contributed by atoms with van der Waals surface area (Å²) in [6, 6.07) is -0.200. The summed E-state index contributed by atoms with van der Waals surface area (Å²) >= 11 is 0. The summed E-state index contributed by atoms with van der Waals surface area (Å²) in [5.41, 5.74) is 5.57. The van der Waals surface area contributed by atoms with E-state index in [0.29, 0.717) is 13.0 Å². The van der Waals surface area contributed by atoms with Gasteiger partial charge in [0.15, 0.2) is 6.29 Å². The first-order chi connectivity index (χ1) is 4.74. The van der Waals surface area contributed by atoms with E-state index in [1.165, 1.54) is 0 Å². The molecule has 0 saturated carbocycles. The Bertz CT molecular complexity index is 109. The summed E-state index contributed by atoms with van der Waals surface area (Å²) < 4.78 is 9.95. The number of hydrogen-bond donors (Lipinski definition) is 2. The maximum Gasteiger partial charge on any atom is 0.172 e. The number of hydrogen-bond acceptors (Lipinski definition) is 4. The summed E-state index contributed by atoms with van der Waals surface area (Å²) in [6.45, 7) is 0.326. The summed E-state index contributed by atoms with van der Waals surface area (Å²) in [7, 11) is 1.54. The number of ether oxygens (including phenoxy) is 2. The minimum absolute atomic E-state index is 0.200. The molecule has 3 atom stereocenters. The van der Waals surface area contributed by atoms with Gasteiger partial charge in [-0.15, -0.1) is 0 Å². The Morgan fingerprint density at radius 2 is 2.40 bits per heavy atom. The minimum atomic E-state index is -0.429. The summed E-state index contributed by atoms with van der Waals surface area (Å²) in [6.07, 6.45) is -0.219. The fourth-order valence-electron chi connectivity index (χ4n) is 1.07. The maximum absolute atomic E-state index is 9.03. The first-order valence-corrected chi connectivity index (χ1v) is 3.32. The van der Waals surface area contributed by atoms with Gasteiger partial charge in [0.05, 0.1) is 18.8 Å². The highest BCUT2D eigenvalue weighted by Crippen LogP contribution is 2.12. The van der Waals surface area contributed by atoms with E-state index in [2.05, 4.69) is 0 Å². The zero-order chi connectivity index (χ0) is 7.56. The van der Waals surface area contributed by atoms with Crippen LogP contribution in [0.3, 0.4) is 0 Å². The Labute approximate surface area is 59.9 Å². The van der Waals surface area contributed by atoms with Crippen LogP contribution in [0.1, 0.15) is 6.42 Å². The van der Waals surface area contributed by atoms with Crippen LogP contribution in [-0.4, -0.2) is 37.3 Å². The largest absolute Gasteiger partial charge is 0.391 e. The molecule has 1 saturated heterocycles. The topological polar surface area (TPSA) is 64.7 Å². The molecule has 0 aromatic carbocycles. The van der Waals surface area contributed by atoms with Gasteiger partial charge in [0.2, 0.25) is 0 Å². The van der Waals surface area contributed by atoms with E-state index in [0.717, 1.165) is 0 Å². The molecular weight excluding hydrogens is 134 g/mol. The lowest BCUT2D eigenvalue weighted by Gasteiger charge is -2.30. The molecule has 1 fully saturated rings. The lowest BCUT2D eigenvalue weighted by atomic mass is 10.1. The maximum atomic E-state index is 9.03. The van der Waals surface area contributed by atoms with Crippen molar-refractivity contribution in [2.75, 3.05) is 13.7 Å². The van der Waals surface area contributed by atoms with E-state index in [1.807, 2.05) is 0 Å². The Balaban J connectivity index is 2.36. The molecule has 0 aromatic heterocycles. The number of nitrogens with two attached hydrogens (primary N) is 1. The summed E-state index contributed by atoms with van der Waals surface area (Å²) in [5.74, 6) is 0. The average molecular weight is 147 g/mol. The third kappa shape index (κ3) is 1.67. The molecule has 4 heteroatoms. The smallest absolute Gasteiger partial charge is 0.172 e. The Morgan fingerprint density at radius 1 is 1.70 bits per heavy atom. The van der Waals surface area contributed by atoms with Crippen LogP contribution in [0.2, 0.25) is 0 Å². The second kappa shape index (κ2) is 3.30. The third-order valence-corrected chi connectivity index (χ3v) is 1.58. The molecule has 0 aromatic rings. The summed E-state index contributed by atoms with van der Waals surface area (Å²) in [5, 5.41) is 9.03. The zero-order valence-corrected chi connectivity index (χ0v) is 5.99. The molecule has 0 radical (unpaired) electrons. The molecule has 1 aliphatic rings. The lowest BCUT2D eigenvalue weighted by Crippen LogP contribution is -2.47. The van der Waals surface area contributed by atoms with E-state index in [4.69, 9.17) is 20.3 Å². The fourth-order valence-corrected chi connectivity index (χ4v) is 1.07. The van der Waals surface area contributed by atoms with E-state index >= 15 is 0 Å². The monoisotopic (exact) mass is 147 g/mol. The SMILES string of the molecule is CO[C@@H]1OC[C@H](O)C[C@@H]1N. The normalized spacial score (nSPS) is 41.7. The quantitative estimate of drug-likeness (QED) is 0.503. The molecule has 1 heterocycles. The Kier molecular flexibility index (Phi) is 2.62. The molecule has 0 spiro atoms.